The summed E-state index contributed by atoms with van der Waals surface area (Å²) in [6.07, 6.45) is 1.64. The molecule has 3 aromatic rings. The van der Waals surface area contributed by atoms with Crippen LogP contribution in [-0.2, 0) is 6.54 Å². The van der Waals surface area contributed by atoms with Crippen molar-refractivity contribution < 1.29 is 23.1 Å². The zero-order valence-electron chi connectivity index (χ0n) is 15.2. The maximum absolute atomic E-state index is 14.1. The Labute approximate surface area is 159 Å². The topological polar surface area (TPSA) is 79.4 Å². The monoisotopic (exact) mass is 384 g/mol. The van der Waals surface area contributed by atoms with E-state index in [4.69, 9.17) is 9.26 Å². The van der Waals surface area contributed by atoms with E-state index in [1.807, 2.05) is 0 Å². The van der Waals surface area contributed by atoms with Crippen LogP contribution in [0.1, 0.15) is 28.9 Å². The highest BCUT2D eigenvalue weighted by Crippen LogP contribution is 2.29. The Bertz CT molecular complexity index is 1050. The minimum atomic E-state index is -0.581. The number of methoxy groups -OCH3 is 1. The van der Waals surface area contributed by atoms with E-state index in [-0.39, 0.29) is 23.8 Å². The number of aromatic nitrogens is 2. The first kappa shape index (κ1) is 18.0. The fourth-order valence-corrected chi connectivity index (χ4v) is 3.07. The lowest BCUT2D eigenvalue weighted by Gasteiger charge is -2.20. The highest BCUT2D eigenvalue weighted by Gasteiger charge is 2.38. The average Bonchev–Trinajstić information content (AvgIpc) is 3.49. The predicted octanol–water partition coefficient (Wildman–Crippen LogP) is 2.20. The number of nitrogens with one attached hydrogen (secondary N) is 1. The van der Waals surface area contributed by atoms with Gasteiger partial charge in [-0.25, -0.2) is 9.18 Å². The summed E-state index contributed by atoms with van der Waals surface area (Å²) < 4.78 is 25.7. The van der Waals surface area contributed by atoms with E-state index in [1.165, 1.54) is 27.8 Å². The van der Waals surface area contributed by atoms with E-state index in [0.29, 0.717) is 11.4 Å². The summed E-state index contributed by atoms with van der Waals surface area (Å²) in [5.74, 6) is -0.351. The summed E-state index contributed by atoms with van der Waals surface area (Å²) in [5, 5.41) is 2.56. The van der Waals surface area contributed by atoms with Crippen LogP contribution in [0.15, 0.2) is 57.8 Å². The minimum absolute atomic E-state index is 0.00896. The number of rotatable bonds is 6. The van der Waals surface area contributed by atoms with Crippen molar-refractivity contribution in [2.45, 2.75) is 25.4 Å². The van der Waals surface area contributed by atoms with Gasteiger partial charge in [0, 0.05) is 18.2 Å². The number of benzene rings is 2. The molecular weight excluding hydrogens is 365 g/mol. The zero-order chi connectivity index (χ0) is 19.7. The maximum Gasteiger partial charge on any atom is 0.432 e. The lowest BCUT2D eigenvalue weighted by atomic mass is 10.1. The summed E-state index contributed by atoms with van der Waals surface area (Å²) >= 11 is 0. The summed E-state index contributed by atoms with van der Waals surface area (Å²) in [7, 11) is 1.56. The van der Waals surface area contributed by atoms with Crippen LogP contribution in [0.4, 0.5) is 4.39 Å². The average molecular weight is 384 g/mol. The molecule has 2 aromatic carbocycles. The molecule has 1 heterocycles. The normalized spacial score (nSPS) is 13.4. The molecule has 7 nitrogen and oxygen atoms in total. The molecular formula is C20H19FN3O4+. The van der Waals surface area contributed by atoms with Crippen LogP contribution >= 0.6 is 0 Å². The van der Waals surface area contributed by atoms with Crippen LogP contribution in [0.2, 0.25) is 0 Å². The number of hydrogen-bond acceptors (Lipinski definition) is 4. The van der Waals surface area contributed by atoms with E-state index in [9.17, 15) is 14.0 Å². The fourth-order valence-electron chi connectivity index (χ4n) is 3.07. The van der Waals surface area contributed by atoms with Crippen LogP contribution in [0.25, 0.3) is 5.69 Å². The molecule has 0 atom stereocenters. The Morgan fingerprint density at radius 3 is 2.61 bits per heavy atom. The number of H-pyrrole nitrogens is 1. The van der Waals surface area contributed by atoms with Crippen LogP contribution < -0.4 is 15.0 Å². The Kier molecular flexibility index (Phi) is 4.68. The molecule has 1 aliphatic carbocycles. The van der Waals surface area contributed by atoms with Gasteiger partial charge in [-0.3, -0.25) is 9.32 Å². The largest absolute Gasteiger partial charge is 0.497 e. The zero-order valence-corrected chi connectivity index (χ0v) is 15.2. The van der Waals surface area contributed by atoms with Gasteiger partial charge in [0.25, 0.3) is 5.91 Å². The summed E-state index contributed by atoms with van der Waals surface area (Å²) in [5.41, 5.74) is 0.311. The molecule has 1 aliphatic rings. The van der Waals surface area contributed by atoms with E-state index in [0.717, 1.165) is 12.8 Å². The second kappa shape index (κ2) is 7.30. The molecule has 0 bridgehead atoms. The van der Waals surface area contributed by atoms with Crippen molar-refractivity contribution in [1.82, 2.24) is 10.2 Å². The third-order valence-corrected chi connectivity index (χ3v) is 4.74. The fraction of sp³-hybridized carbons (Fsp3) is 0.250. The van der Waals surface area contributed by atoms with E-state index >= 15 is 0 Å². The molecule has 0 radical (unpaired) electrons. The first-order valence-electron chi connectivity index (χ1n) is 8.91. The maximum atomic E-state index is 14.1. The number of aromatic amines is 1. The molecule has 1 fully saturated rings. The van der Waals surface area contributed by atoms with Crippen LogP contribution in [0, 0.1) is 5.82 Å². The number of hydrogen-bond donors (Lipinski definition) is 1. The summed E-state index contributed by atoms with van der Waals surface area (Å²) in [6, 6.07) is 12.8. The van der Waals surface area contributed by atoms with Gasteiger partial charge in [-0.2, -0.15) is 0 Å². The van der Waals surface area contributed by atoms with Crippen molar-refractivity contribution in [3.8, 4) is 11.4 Å². The van der Waals surface area contributed by atoms with Crippen molar-refractivity contribution >= 4 is 5.91 Å². The number of ether oxygens (including phenoxy) is 1. The number of carbonyl (C=O) groups excluding carboxylic acids is 1. The lowest BCUT2D eigenvalue weighted by molar-refractivity contribution is -0.678. The van der Waals surface area contributed by atoms with Crippen molar-refractivity contribution in [3.63, 3.8) is 0 Å². The predicted molar refractivity (Wildman–Crippen MR) is 96.7 cm³/mol. The molecule has 0 aliphatic heterocycles. The first-order valence-corrected chi connectivity index (χ1v) is 8.91. The smallest absolute Gasteiger partial charge is 0.432 e. The minimum Gasteiger partial charge on any atom is -0.497 e. The number of carbonyl (C=O) groups is 1. The van der Waals surface area contributed by atoms with Crippen molar-refractivity contribution in [1.29, 1.82) is 0 Å². The van der Waals surface area contributed by atoms with Crippen LogP contribution in [-0.4, -0.2) is 29.2 Å². The second-order valence-corrected chi connectivity index (χ2v) is 6.61. The lowest BCUT2D eigenvalue weighted by Crippen LogP contribution is -2.44. The van der Waals surface area contributed by atoms with Crippen molar-refractivity contribution in [2.75, 3.05) is 7.11 Å². The molecule has 0 saturated heterocycles. The van der Waals surface area contributed by atoms with E-state index in [1.54, 1.807) is 37.4 Å². The quantitative estimate of drug-likeness (QED) is 0.661. The van der Waals surface area contributed by atoms with Gasteiger partial charge in [-0.15, -0.1) is 0 Å². The molecule has 0 unspecified atom stereocenters. The van der Waals surface area contributed by atoms with Gasteiger partial charge in [0.05, 0.1) is 12.7 Å². The van der Waals surface area contributed by atoms with Gasteiger partial charge in [-0.05, 0) is 47.1 Å². The first-order chi connectivity index (χ1) is 13.6. The Balaban J connectivity index is 1.67. The Morgan fingerprint density at radius 1 is 1.25 bits per heavy atom. The molecule has 8 heteroatoms. The van der Waals surface area contributed by atoms with E-state index < -0.39 is 17.3 Å². The molecule has 28 heavy (non-hydrogen) atoms. The molecule has 1 saturated carbocycles. The van der Waals surface area contributed by atoms with Gasteiger partial charge < -0.3 is 9.64 Å². The SMILES string of the molecule is COc1ccc(-[n+]2[nH]oc(=O)c2CN(C(=O)c2ccccc2F)C2CC2)cc1. The van der Waals surface area contributed by atoms with Gasteiger partial charge >= 0.3 is 11.3 Å². The van der Waals surface area contributed by atoms with Gasteiger partial charge in [0.2, 0.25) is 5.69 Å². The molecule has 1 amide bonds. The van der Waals surface area contributed by atoms with Crippen LogP contribution in [0.5, 0.6) is 5.75 Å². The number of amides is 1. The second-order valence-electron chi connectivity index (χ2n) is 6.61. The molecule has 1 aromatic heterocycles. The highest BCUT2D eigenvalue weighted by atomic mass is 19.1. The summed E-state index contributed by atoms with van der Waals surface area (Å²) in [6.45, 7) is 0.00962. The molecule has 4 rings (SSSR count). The molecule has 1 N–H and O–H groups in total. The van der Waals surface area contributed by atoms with Gasteiger partial charge in [0.1, 0.15) is 18.1 Å². The standard InChI is InChI=1S/C20H18FN3O4/c1-27-15-10-8-14(9-11-15)24-18(20(26)28-22-24)12-23(13-6-7-13)19(25)16-4-2-3-5-17(16)21/h2-5,8-11,13H,6-7,12H2,1H3/p+1. The van der Waals surface area contributed by atoms with Crippen molar-refractivity contribution in [3.05, 3.63) is 76.0 Å². The Hall–Kier alpha value is -3.42. The third-order valence-electron chi connectivity index (χ3n) is 4.74. The van der Waals surface area contributed by atoms with E-state index in [2.05, 4.69) is 5.27 Å². The molecule has 0 spiro atoms. The molecule has 144 valence electrons. The van der Waals surface area contributed by atoms with Gasteiger partial charge in [0.15, 0.2) is 0 Å². The van der Waals surface area contributed by atoms with Crippen LogP contribution in [0.3, 0.4) is 0 Å². The third kappa shape index (κ3) is 3.40. The van der Waals surface area contributed by atoms with Crippen molar-refractivity contribution in [2.24, 2.45) is 0 Å². The number of halogens is 1. The van der Waals surface area contributed by atoms with Gasteiger partial charge in [-0.1, -0.05) is 12.1 Å². The highest BCUT2D eigenvalue weighted by molar-refractivity contribution is 5.94. The summed E-state index contributed by atoms with van der Waals surface area (Å²) in [4.78, 5) is 26.7. The number of nitrogens with zero attached hydrogens (tertiary/aromatic N) is 2. The Morgan fingerprint density at radius 2 is 1.96 bits per heavy atom.